The van der Waals surface area contributed by atoms with Crippen molar-refractivity contribution in [3.05, 3.63) is 66.0 Å². The topological polar surface area (TPSA) is 90.0 Å². The number of nitrogens with one attached hydrogen (secondary N) is 1. The molecule has 1 N–H and O–H groups in total. The lowest BCUT2D eigenvalue weighted by molar-refractivity contribution is -0.138. The van der Waals surface area contributed by atoms with Gasteiger partial charge in [-0.1, -0.05) is 49.4 Å². The van der Waals surface area contributed by atoms with Crippen LogP contribution in [0.5, 0.6) is 0 Å². The fourth-order valence-electron chi connectivity index (χ4n) is 3.32. The van der Waals surface area contributed by atoms with Crippen molar-refractivity contribution in [3.8, 4) is 0 Å². The standard InChI is InChI=1S/C24H33FN4O4S/c1-5-16-26-24(31)19(2)28(17-15-20-11-7-6-8-12-20)23(30)18-29(34(32,33)27(3)4)22-14-10-9-13-21(22)25/h6-14,19H,5,15-18H2,1-4H3,(H,26,31)/t19-/m0/s1. The molecule has 0 aliphatic carbocycles. The van der Waals surface area contributed by atoms with Crippen LogP contribution in [0.4, 0.5) is 10.1 Å². The molecule has 0 saturated carbocycles. The maximum atomic E-state index is 14.6. The van der Waals surface area contributed by atoms with E-state index in [-0.39, 0.29) is 18.1 Å². The van der Waals surface area contributed by atoms with E-state index in [1.807, 2.05) is 37.3 Å². The third-order valence-electron chi connectivity index (χ3n) is 5.34. The lowest BCUT2D eigenvalue weighted by atomic mass is 10.1. The molecule has 34 heavy (non-hydrogen) atoms. The molecule has 2 aromatic carbocycles. The summed E-state index contributed by atoms with van der Waals surface area (Å²) in [6.07, 6.45) is 1.21. The summed E-state index contributed by atoms with van der Waals surface area (Å²) in [7, 11) is -1.58. The molecule has 0 fully saturated rings. The van der Waals surface area contributed by atoms with Crippen LogP contribution in [-0.2, 0) is 26.2 Å². The molecule has 0 saturated heterocycles. The van der Waals surface area contributed by atoms with Crippen molar-refractivity contribution in [2.75, 3.05) is 38.0 Å². The van der Waals surface area contributed by atoms with Gasteiger partial charge in [-0.05, 0) is 37.5 Å². The molecule has 2 rings (SSSR count). The summed E-state index contributed by atoms with van der Waals surface area (Å²) in [4.78, 5) is 27.5. The predicted octanol–water partition coefficient (Wildman–Crippen LogP) is 2.42. The molecule has 186 valence electrons. The number of carbonyl (C=O) groups excluding carboxylic acids is 2. The van der Waals surface area contributed by atoms with Gasteiger partial charge in [-0.2, -0.15) is 12.7 Å². The van der Waals surface area contributed by atoms with Gasteiger partial charge in [0.2, 0.25) is 11.8 Å². The number of anilines is 1. The molecule has 0 unspecified atom stereocenters. The minimum Gasteiger partial charge on any atom is -0.354 e. The number of hydrogen-bond donors (Lipinski definition) is 1. The largest absolute Gasteiger partial charge is 0.354 e. The van der Waals surface area contributed by atoms with Gasteiger partial charge in [-0.15, -0.1) is 0 Å². The van der Waals surface area contributed by atoms with Gasteiger partial charge >= 0.3 is 10.2 Å². The van der Waals surface area contributed by atoms with Crippen LogP contribution in [0.25, 0.3) is 0 Å². The number of carbonyl (C=O) groups is 2. The van der Waals surface area contributed by atoms with Crippen LogP contribution in [0.2, 0.25) is 0 Å². The van der Waals surface area contributed by atoms with Crippen molar-refractivity contribution in [3.63, 3.8) is 0 Å². The van der Waals surface area contributed by atoms with Crippen molar-refractivity contribution in [2.24, 2.45) is 0 Å². The summed E-state index contributed by atoms with van der Waals surface area (Å²) in [5, 5.41) is 2.78. The van der Waals surface area contributed by atoms with E-state index in [1.165, 1.54) is 37.2 Å². The average Bonchev–Trinajstić information content (AvgIpc) is 2.82. The van der Waals surface area contributed by atoms with E-state index in [1.54, 1.807) is 6.92 Å². The molecule has 0 radical (unpaired) electrons. The monoisotopic (exact) mass is 492 g/mol. The Morgan fingerprint density at radius 3 is 2.24 bits per heavy atom. The number of benzene rings is 2. The molecule has 0 aliphatic heterocycles. The molecular weight excluding hydrogens is 459 g/mol. The van der Waals surface area contributed by atoms with Crippen molar-refractivity contribution in [2.45, 2.75) is 32.7 Å². The number of hydrogen-bond acceptors (Lipinski definition) is 4. The first kappa shape index (κ1) is 27.3. The first-order chi connectivity index (χ1) is 16.1. The first-order valence-corrected chi connectivity index (χ1v) is 12.5. The van der Waals surface area contributed by atoms with E-state index in [0.717, 1.165) is 26.7 Å². The highest BCUT2D eigenvalue weighted by Crippen LogP contribution is 2.23. The molecule has 2 aromatic rings. The van der Waals surface area contributed by atoms with E-state index in [2.05, 4.69) is 5.32 Å². The zero-order valence-electron chi connectivity index (χ0n) is 20.1. The molecule has 0 spiro atoms. The minimum atomic E-state index is -4.19. The van der Waals surface area contributed by atoms with Crippen LogP contribution in [-0.4, -0.2) is 69.2 Å². The summed E-state index contributed by atoms with van der Waals surface area (Å²) in [5.41, 5.74) is 0.726. The van der Waals surface area contributed by atoms with E-state index in [0.29, 0.717) is 13.0 Å². The normalized spacial score (nSPS) is 12.3. The Morgan fingerprint density at radius 1 is 1.03 bits per heavy atom. The van der Waals surface area contributed by atoms with E-state index >= 15 is 0 Å². The molecular formula is C24H33FN4O4S. The second kappa shape index (κ2) is 12.5. The second-order valence-corrected chi connectivity index (χ2v) is 10.1. The Kier molecular flexibility index (Phi) is 10.0. The van der Waals surface area contributed by atoms with Crippen molar-refractivity contribution in [1.29, 1.82) is 0 Å². The molecule has 1 atom stereocenters. The van der Waals surface area contributed by atoms with Gasteiger partial charge in [0.1, 0.15) is 18.4 Å². The molecule has 10 heteroatoms. The van der Waals surface area contributed by atoms with Gasteiger partial charge in [-0.25, -0.2) is 8.70 Å². The van der Waals surface area contributed by atoms with Crippen LogP contribution in [0.3, 0.4) is 0 Å². The van der Waals surface area contributed by atoms with Crippen LogP contribution in [0, 0.1) is 5.82 Å². The number of nitrogens with zero attached hydrogens (tertiary/aromatic N) is 3. The second-order valence-electron chi connectivity index (χ2n) is 8.04. The van der Waals surface area contributed by atoms with Crippen LogP contribution in [0.15, 0.2) is 54.6 Å². The van der Waals surface area contributed by atoms with Crippen molar-refractivity contribution >= 4 is 27.7 Å². The Labute approximate surface area is 201 Å². The van der Waals surface area contributed by atoms with E-state index < -0.39 is 34.5 Å². The summed E-state index contributed by atoms with van der Waals surface area (Å²) < 4.78 is 42.2. The molecule has 2 amide bonds. The Bertz CT molecular complexity index is 1060. The highest BCUT2D eigenvalue weighted by molar-refractivity contribution is 7.90. The van der Waals surface area contributed by atoms with E-state index in [4.69, 9.17) is 0 Å². The van der Waals surface area contributed by atoms with Crippen molar-refractivity contribution < 1.29 is 22.4 Å². The molecule has 8 nitrogen and oxygen atoms in total. The number of rotatable bonds is 12. The van der Waals surface area contributed by atoms with Crippen LogP contribution in [0.1, 0.15) is 25.8 Å². The Morgan fingerprint density at radius 2 is 1.65 bits per heavy atom. The third kappa shape index (κ3) is 7.01. The van der Waals surface area contributed by atoms with Crippen LogP contribution >= 0.6 is 0 Å². The SMILES string of the molecule is CCCNC(=O)[C@H](C)N(CCc1ccccc1)C(=O)CN(c1ccccc1F)S(=O)(=O)N(C)C. The third-order valence-corrected chi connectivity index (χ3v) is 7.15. The van der Waals surface area contributed by atoms with Crippen LogP contribution < -0.4 is 9.62 Å². The minimum absolute atomic E-state index is 0.191. The fraction of sp³-hybridized carbons (Fsp3) is 0.417. The number of halogens is 1. The van der Waals surface area contributed by atoms with Gasteiger partial charge in [0.25, 0.3) is 0 Å². The summed E-state index contributed by atoms with van der Waals surface area (Å²) >= 11 is 0. The highest BCUT2D eigenvalue weighted by atomic mass is 32.2. The molecule has 0 bridgehead atoms. The smallest absolute Gasteiger partial charge is 0.304 e. The lowest BCUT2D eigenvalue weighted by Crippen LogP contribution is -2.53. The Hall–Kier alpha value is -2.98. The first-order valence-electron chi connectivity index (χ1n) is 11.1. The molecule has 0 heterocycles. The summed E-state index contributed by atoms with van der Waals surface area (Å²) in [6, 6.07) is 14.0. The molecule has 0 aromatic heterocycles. The Balaban J connectivity index is 2.37. The van der Waals surface area contributed by atoms with Gasteiger partial charge < -0.3 is 10.2 Å². The van der Waals surface area contributed by atoms with Crippen molar-refractivity contribution in [1.82, 2.24) is 14.5 Å². The zero-order chi connectivity index (χ0) is 25.3. The lowest BCUT2D eigenvalue weighted by Gasteiger charge is -2.32. The van der Waals surface area contributed by atoms with Gasteiger partial charge in [0, 0.05) is 27.2 Å². The summed E-state index contributed by atoms with van der Waals surface area (Å²) in [6.45, 7) is 3.52. The predicted molar refractivity (Wildman–Crippen MR) is 131 cm³/mol. The highest BCUT2D eigenvalue weighted by Gasteiger charge is 2.33. The fourth-order valence-corrected chi connectivity index (χ4v) is 4.39. The number of para-hydroxylation sites is 1. The summed E-state index contributed by atoms with van der Waals surface area (Å²) in [5.74, 6) is -1.72. The van der Waals surface area contributed by atoms with Gasteiger partial charge in [0.15, 0.2) is 0 Å². The quantitative estimate of drug-likeness (QED) is 0.493. The van der Waals surface area contributed by atoms with Gasteiger partial charge in [-0.3, -0.25) is 9.59 Å². The zero-order valence-corrected chi connectivity index (χ0v) is 20.9. The molecule has 0 aliphatic rings. The maximum Gasteiger partial charge on any atom is 0.304 e. The average molecular weight is 493 g/mol. The van der Waals surface area contributed by atoms with E-state index in [9.17, 15) is 22.4 Å². The maximum absolute atomic E-state index is 14.6. The van der Waals surface area contributed by atoms with Gasteiger partial charge in [0.05, 0.1) is 5.69 Å². The number of amides is 2.